The summed E-state index contributed by atoms with van der Waals surface area (Å²) in [4.78, 5) is 20.0. The third-order valence-corrected chi connectivity index (χ3v) is 4.90. The van der Waals surface area contributed by atoms with Gasteiger partial charge in [0, 0.05) is 12.5 Å². The number of piperidine rings is 1. The first kappa shape index (κ1) is 16.0. The fraction of sp³-hybridized carbons (Fsp3) is 0.444. The molecule has 7 heteroatoms. The van der Waals surface area contributed by atoms with E-state index in [1.807, 2.05) is 0 Å². The highest BCUT2D eigenvalue weighted by molar-refractivity contribution is 5.68. The van der Waals surface area contributed by atoms with Gasteiger partial charge in [0.25, 0.3) is 5.56 Å². The van der Waals surface area contributed by atoms with Crippen molar-refractivity contribution >= 4 is 11.2 Å². The van der Waals surface area contributed by atoms with Crippen LogP contribution in [0.4, 0.5) is 0 Å². The van der Waals surface area contributed by atoms with Crippen molar-refractivity contribution in [2.75, 3.05) is 13.1 Å². The van der Waals surface area contributed by atoms with E-state index in [0.717, 1.165) is 37.3 Å². The van der Waals surface area contributed by atoms with E-state index in [4.69, 9.17) is 4.98 Å². The third-order valence-electron chi connectivity index (χ3n) is 4.90. The molecule has 25 heavy (non-hydrogen) atoms. The molecule has 2 N–H and O–H groups in total. The van der Waals surface area contributed by atoms with Crippen LogP contribution in [0.5, 0.6) is 0 Å². The van der Waals surface area contributed by atoms with Gasteiger partial charge in [-0.05, 0) is 44.4 Å². The Morgan fingerprint density at radius 1 is 1.32 bits per heavy atom. The Morgan fingerprint density at radius 3 is 3.00 bits per heavy atom. The molecule has 1 fully saturated rings. The van der Waals surface area contributed by atoms with Crippen LogP contribution < -0.4 is 10.9 Å². The van der Waals surface area contributed by atoms with E-state index in [1.54, 1.807) is 4.68 Å². The molecule has 1 aliphatic heterocycles. The van der Waals surface area contributed by atoms with Crippen LogP contribution in [0.1, 0.15) is 41.3 Å². The molecule has 0 saturated carbocycles. The number of rotatable bonds is 3. The number of nitrogens with zero attached hydrogens (tertiary/aromatic N) is 4. The maximum Gasteiger partial charge on any atom is 0.281 e. The van der Waals surface area contributed by atoms with Gasteiger partial charge in [0.15, 0.2) is 11.2 Å². The molecule has 7 nitrogen and oxygen atoms in total. The predicted molar refractivity (Wildman–Crippen MR) is 95.8 cm³/mol. The van der Waals surface area contributed by atoms with Crippen molar-refractivity contribution in [2.45, 2.75) is 39.2 Å². The molecule has 4 rings (SSSR count). The molecule has 3 aromatic rings. The van der Waals surface area contributed by atoms with Crippen molar-refractivity contribution in [1.82, 2.24) is 30.3 Å². The molecular weight excluding hydrogens is 316 g/mol. The van der Waals surface area contributed by atoms with Gasteiger partial charge in [-0.1, -0.05) is 29.0 Å². The van der Waals surface area contributed by atoms with Crippen molar-refractivity contribution in [3.63, 3.8) is 0 Å². The fourth-order valence-corrected chi connectivity index (χ4v) is 3.40. The number of hydrogen-bond acceptors (Lipinski definition) is 5. The number of aromatic amines is 1. The number of aromatic nitrogens is 5. The zero-order valence-corrected chi connectivity index (χ0v) is 14.5. The number of H-pyrrole nitrogens is 1. The average molecular weight is 338 g/mol. The van der Waals surface area contributed by atoms with Crippen LogP contribution in [-0.2, 0) is 6.54 Å². The summed E-state index contributed by atoms with van der Waals surface area (Å²) in [6, 6.07) is 6.33. The Hall–Kier alpha value is -2.54. The molecule has 0 radical (unpaired) electrons. The number of nitrogens with one attached hydrogen (secondary N) is 2. The van der Waals surface area contributed by atoms with E-state index in [2.05, 4.69) is 52.7 Å². The van der Waals surface area contributed by atoms with Crippen LogP contribution in [-0.4, -0.2) is 38.1 Å². The van der Waals surface area contributed by atoms with Crippen LogP contribution in [0.2, 0.25) is 0 Å². The van der Waals surface area contributed by atoms with Crippen molar-refractivity contribution < 1.29 is 0 Å². The Kier molecular flexibility index (Phi) is 4.09. The lowest BCUT2D eigenvalue weighted by molar-refractivity contribution is 0.446. The highest BCUT2D eigenvalue weighted by Gasteiger charge is 2.20. The number of benzene rings is 1. The van der Waals surface area contributed by atoms with E-state index >= 15 is 0 Å². The summed E-state index contributed by atoms with van der Waals surface area (Å²) < 4.78 is 1.73. The minimum absolute atomic E-state index is 0.210. The van der Waals surface area contributed by atoms with Crippen LogP contribution in [0.15, 0.2) is 23.0 Å². The van der Waals surface area contributed by atoms with Gasteiger partial charge in [0.1, 0.15) is 5.82 Å². The Balaban J connectivity index is 1.75. The monoisotopic (exact) mass is 338 g/mol. The molecule has 0 amide bonds. The Bertz CT molecular complexity index is 967. The average Bonchev–Trinajstić information content (AvgIpc) is 3.02. The molecule has 1 unspecified atom stereocenters. The maximum absolute atomic E-state index is 12.4. The molecule has 1 aromatic carbocycles. The predicted octanol–water partition coefficient (Wildman–Crippen LogP) is 1.65. The Labute approximate surface area is 145 Å². The summed E-state index contributed by atoms with van der Waals surface area (Å²) in [6.07, 6.45) is 2.12. The lowest BCUT2D eigenvalue weighted by Gasteiger charge is -2.21. The van der Waals surface area contributed by atoms with E-state index in [1.165, 1.54) is 11.1 Å². The normalized spacial score (nSPS) is 17.9. The molecule has 1 atom stereocenters. The minimum Gasteiger partial charge on any atom is -0.316 e. The molecule has 130 valence electrons. The second-order valence-electron chi connectivity index (χ2n) is 6.84. The van der Waals surface area contributed by atoms with Crippen molar-refractivity contribution in [3.8, 4) is 0 Å². The quantitative estimate of drug-likeness (QED) is 0.758. The van der Waals surface area contributed by atoms with Crippen molar-refractivity contribution in [2.24, 2.45) is 0 Å². The van der Waals surface area contributed by atoms with Gasteiger partial charge in [0.2, 0.25) is 0 Å². The summed E-state index contributed by atoms with van der Waals surface area (Å²) in [5.41, 5.74) is 4.20. The molecule has 0 bridgehead atoms. The highest BCUT2D eigenvalue weighted by Crippen LogP contribution is 2.20. The van der Waals surface area contributed by atoms with Gasteiger partial charge in [-0.15, -0.1) is 5.10 Å². The summed E-state index contributed by atoms with van der Waals surface area (Å²) >= 11 is 0. The summed E-state index contributed by atoms with van der Waals surface area (Å²) in [5.74, 6) is 0.962. The van der Waals surface area contributed by atoms with Crippen molar-refractivity contribution in [3.05, 3.63) is 51.1 Å². The largest absolute Gasteiger partial charge is 0.316 e. The molecule has 1 aliphatic rings. The van der Waals surface area contributed by atoms with E-state index in [9.17, 15) is 4.79 Å². The lowest BCUT2D eigenvalue weighted by Crippen LogP contribution is -2.30. The maximum atomic E-state index is 12.4. The van der Waals surface area contributed by atoms with E-state index < -0.39 is 0 Å². The van der Waals surface area contributed by atoms with Crippen LogP contribution in [0, 0.1) is 13.8 Å². The summed E-state index contributed by atoms with van der Waals surface area (Å²) in [5, 5.41) is 11.6. The van der Waals surface area contributed by atoms with Gasteiger partial charge < -0.3 is 10.3 Å². The first-order valence-corrected chi connectivity index (χ1v) is 8.72. The zero-order chi connectivity index (χ0) is 17.4. The lowest BCUT2D eigenvalue weighted by atomic mass is 9.99. The number of fused-ring (bicyclic) bond motifs is 1. The zero-order valence-electron chi connectivity index (χ0n) is 14.5. The standard InChI is InChI=1S/C18H22N6O/c1-11-5-6-12(2)14(8-11)10-24-17-15(22-23-24)18(25)21-16(20-17)13-4-3-7-19-9-13/h5-6,8,13,19H,3-4,7,9-10H2,1-2H3,(H,20,21,25). The smallest absolute Gasteiger partial charge is 0.281 e. The summed E-state index contributed by atoms with van der Waals surface area (Å²) in [7, 11) is 0. The topological polar surface area (TPSA) is 88.5 Å². The second-order valence-corrected chi connectivity index (χ2v) is 6.84. The van der Waals surface area contributed by atoms with Gasteiger partial charge in [-0.25, -0.2) is 9.67 Å². The van der Waals surface area contributed by atoms with Crippen molar-refractivity contribution in [1.29, 1.82) is 0 Å². The molecule has 2 aromatic heterocycles. The number of hydrogen-bond donors (Lipinski definition) is 2. The molecule has 0 aliphatic carbocycles. The second kappa shape index (κ2) is 6.40. The van der Waals surface area contributed by atoms with E-state index in [-0.39, 0.29) is 11.5 Å². The molecule has 1 saturated heterocycles. The SMILES string of the molecule is Cc1ccc(C)c(Cn2nnc3c(=O)[nH]c(C4CCCNC4)nc32)c1. The first-order valence-electron chi connectivity index (χ1n) is 8.72. The minimum atomic E-state index is -0.210. The van der Waals surface area contributed by atoms with Crippen LogP contribution >= 0.6 is 0 Å². The van der Waals surface area contributed by atoms with Gasteiger partial charge in [-0.2, -0.15) is 0 Å². The molecule has 3 heterocycles. The van der Waals surface area contributed by atoms with Crippen LogP contribution in [0.3, 0.4) is 0 Å². The Morgan fingerprint density at radius 2 is 2.20 bits per heavy atom. The van der Waals surface area contributed by atoms with Crippen LogP contribution in [0.25, 0.3) is 11.2 Å². The summed E-state index contributed by atoms with van der Waals surface area (Å²) in [6.45, 7) is 6.57. The highest BCUT2D eigenvalue weighted by atomic mass is 16.1. The number of aryl methyl sites for hydroxylation is 2. The third kappa shape index (κ3) is 3.07. The van der Waals surface area contributed by atoms with E-state index in [0.29, 0.717) is 17.7 Å². The molecule has 0 spiro atoms. The molecular formula is C18H22N6O. The van der Waals surface area contributed by atoms with Gasteiger partial charge in [-0.3, -0.25) is 4.79 Å². The van der Waals surface area contributed by atoms with Gasteiger partial charge in [0.05, 0.1) is 6.54 Å². The van der Waals surface area contributed by atoms with Gasteiger partial charge >= 0.3 is 0 Å². The first-order chi connectivity index (χ1) is 12.1. The fourth-order valence-electron chi connectivity index (χ4n) is 3.40.